The summed E-state index contributed by atoms with van der Waals surface area (Å²) in [7, 11) is 0. The fraction of sp³-hybridized carbons (Fsp3) is 0.0417. The van der Waals surface area contributed by atoms with Gasteiger partial charge in [0.2, 0.25) is 0 Å². The van der Waals surface area contributed by atoms with Crippen LogP contribution in [0.5, 0.6) is 5.75 Å². The van der Waals surface area contributed by atoms with E-state index in [1.165, 1.54) is 18.3 Å². The molecule has 0 radical (unpaired) electrons. The molecule has 0 unspecified atom stereocenters. The molecule has 0 saturated carbocycles. The average molecular weight is 521 g/mol. The molecule has 1 N–H and O–H groups in total. The van der Waals surface area contributed by atoms with Gasteiger partial charge in [-0.25, -0.2) is 0 Å². The highest BCUT2D eigenvalue weighted by Crippen LogP contribution is 2.29. The zero-order valence-electron chi connectivity index (χ0n) is 17.6. The molecular weight excluding hydrogens is 504 g/mol. The fourth-order valence-corrected chi connectivity index (χ4v) is 3.75. The fourth-order valence-electron chi connectivity index (χ4n) is 3.38. The highest BCUT2D eigenvalue weighted by Gasteiger charge is 2.19. The molecule has 170 valence electrons. The van der Waals surface area contributed by atoms with Crippen LogP contribution in [0.15, 0.2) is 88.4 Å². The van der Waals surface area contributed by atoms with E-state index < -0.39 is 15.5 Å². The third kappa shape index (κ3) is 5.18. The summed E-state index contributed by atoms with van der Waals surface area (Å²) in [5.74, 6) is 0.569. The number of non-ortho nitro benzene ring substituents is 1. The molecule has 9 nitrogen and oxygen atoms in total. The molecule has 4 rings (SSSR count). The molecule has 0 aliphatic heterocycles. The Kier molecular flexibility index (Phi) is 6.79. The molecule has 0 bridgehead atoms. The molecule has 0 aromatic heterocycles. The minimum absolute atomic E-state index is 0.0278. The summed E-state index contributed by atoms with van der Waals surface area (Å²) < 4.78 is 6.87. The Morgan fingerprint density at radius 1 is 0.941 bits per heavy atom. The molecule has 0 spiro atoms. The Labute approximate surface area is 202 Å². The first-order chi connectivity index (χ1) is 16.4. The predicted octanol–water partition coefficient (Wildman–Crippen LogP) is 6.44. The lowest BCUT2D eigenvalue weighted by Crippen LogP contribution is -2.01. The number of benzene rings is 4. The number of hydrogen-bond acceptors (Lipinski definition) is 7. The van der Waals surface area contributed by atoms with Gasteiger partial charge < -0.3 is 4.74 Å². The van der Waals surface area contributed by atoms with E-state index in [-0.39, 0.29) is 11.4 Å². The number of hydrazone groups is 1. The van der Waals surface area contributed by atoms with Crippen LogP contribution in [0.2, 0.25) is 0 Å². The normalized spacial score (nSPS) is 11.0. The van der Waals surface area contributed by atoms with Gasteiger partial charge in [0.25, 0.3) is 5.69 Å². The molecule has 0 heterocycles. The Balaban J connectivity index is 1.55. The Morgan fingerprint density at radius 3 is 2.53 bits per heavy atom. The minimum Gasteiger partial charge on any atom is -0.488 e. The van der Waals surface area contributed by atoms with Crippen LogP contribution in [-0.2, 0) is 6.61 Å². The van der Waals surface area contributed by atoms with Gasteiger partial charge >= 0.3 is 5.69 Å². The predicted molar refractivity (Wildman–Crippen MR) is 133 cm³/mol. The molecule has 4 aromatic carbocycles. The van der Waals surface area contributed by atoms with Crippen molar-refractivity contribution in [3.63, 3.8) is 0 Å². The van der Waals surface area contributed by atoms with E-state index in [1.807, 2.05) is 48.5 Å². The summed E-state index contributed by atoms with van der Waals surface area (Å²) in [6, 6.07) is 22.8. The maximum atomic E-state index is 11.3. The van der Waals surface area contributed by atoms with Gasteiger partial charge in [0.1, 0.15) is 18.0 Å². The summed E-state index contributed by atoms with van der Waals surface area (Å²) in [6.45, 7) is 0.338. The number of halogens is 1. The summed E-state index contributed by atoms with van der Waals surface area (Å²) in [5, 5.41) is 28.5. The number of nitrogens with zero attached hydrogens (tertiary/aromatic N) is 3. The van der Waals surface area contributed by atoms with Crippen molar-refractivity contribution in [2.75, 3.05) is 5.43 Å². The third-order valence-electron chi connectivity index (χ3n) is 5.01. The van der Waals surface area contributed by atoms with Gasteiger partial charge in [-0.2, -0.15) is 5.10 Å². The maximum Gasteiger partial charge on any atom is 0.301 e. The van der Waals surface area contributed by atoms with E-state index in [0.717, 1.165) is 26.9 Å². The smallest absolute Gasteiger partial charge is 0.301 e. The highest BCUT2D eigenvalue weighted by molar-refractivity contribution is 9.10. The number of fused-ring (bicyclic) bond motifs is 1. The Bertz CT molecular complexity index is 1420. The molecule has 0 atom stereocenters. The number of rotatable bonds is 8. The quantitative estimate of drug-likeness (QED) is 0.162. The van der Waals surface area contributed by atoms with E-state index in [1.54, 1.807) is 12.1 Å². The molecular formula is C24H17BrN4O5. The number of hydrogen-bond donors (Lipinski definition) is 1. The Morgan fingerprint density at radius 2 is 1.74 bits per heavy atom. The molecule has 10 heteroatoms. The largest absolute Gasteiger partial charge is 0.488 e. The lowest BCUT2D eigenvalue weighted by Gasteiger charge is -2.11. The summed E-state index contributed by atoms with van der Waals surface area (Å²) in [6.07, 6.45) is 1.47. The number of nitro groups is 2. The first kappa shape index (κ1) is 22.9. The molecule has 4 aromatic rings. The van der Waals surface area contributed by atoms with Crippen LogP contribution in [0.25, 0.3) is 10.8 Å². The van der Waals surface area contributed by atoms with Crippen LogP contribution in [-0.4, -0.2) is 16.1 Å². The van der Waals surface area contributed by atoms with E-state index in [2.05, 4.69) is 26.5 Å². The molecule has 34 heavy (non-hydrogen) atoms. The van der Waals surface area contributed by atoms with Gasteiger partial charge in [-0.15, -0.1) is 0 Å². The van der Waals surface area contributed by atoms with Crippen molar-refractivity contribution in [2.45, 2.75) is 6.61 Å². The average Bonchev–Trinajstić information content (AvgIpc) is 2.83. The standard InChI is InChI=1S/C24H17BrN4O5/c25-19-8-11-24(34-15-17-6-3-5-16-4-1-2-7-21(16)17)18(12-19)14-26-27-22-10-9-20(28(30)31)13-23(22)29(32)33/h1-14,27H,15H2/b26-14-. The van der Waals surface area contributed by atoms with Crippen molar-refractivity contribution in [3.05, 3.63) is 115 Å². The first-order valence-corrected chi connectivity index (χ1v) is 10.8. The number of anilines is 1. The van der Waals surface area contributed by atoms with E-state index >= 15 is 0 Å². The zero-order valence-corrected chi connectivity index (χ0v) is 19.1. The van der Waals surface area contributed by atoms with Crippen molar-refractivity contribution in [1.82, 2.24) is 0 Å². The molecule has 0 saturated heterocycles. The number of nitro benzene ring substituents is 2. The summed E-state index contributed by atoms with van der Waals surface area (Å²) in [5.41, 5.74) is 3.45. The van der Waals surface area contributed by atoms with Crippen molar-refractivity contribution < 1.29 is 14.6 Å². The number of nitrogens with one attached hydrogen (secondary N) is 1. The SMILES string of the molecule is O=[N+]([O-])c1ccc(N/N=C\c2cc(Br)ccc2OCc2cccc3ccccc23)c([N+](=O)[O-])c1. The second-order valence-corrected chi connectivity index (χ2v) is 8.11. The van der Waals surface area contributed by atoms with Crippen LogP contribution < -0.4 is 10.2 Å². The van der Waals surface area contributed by atoms with Gasteiger partial charge in [-0.1, -0.05) is 58.4 Å². The summed E-state index contributed by atoms with van der Waals surface area (Å²) >= 11 is 3.42. The van der Waals surface area contributed by atoms with Crippen LogP contribution in [0.3, 0.4) is 0 Å². The first-order valence-electron chi connectivity index (χ1n) is 10.0. The second kappa shape index (κ2) is 10.1. The van der Waals surface area contributed by atoms with Crippen LogP contribution in [0.1, 0.15) is 11.1 Å². The molecule has 0 aliphatic rings. The highest BCUT2D eigenvalue weighted by atomic mass is 79.9. The van der Waals surface area contributed by atoms with Crippen molar-refractivity contribution >= 4 is 50.0 Å². The maximum absolute atomic E-state index is 11.3. The van der Waals surface area contributed by atoms with Crippen molar-refractivity contribution in [3.8, 4) is 5.75 Å². The summed E-state index contributed by atoms with van der Waals surface area (Å²) in [4.78, 5) is 20.8. The molecule has 0 aliphatic carbocycles. The van der Waals surface area contributed by atoms with Gasteiger partial charge in [-0.3, -0.25) is 25.7 Å². The van der Waals surface area contributed by atoms with Gasteiger partial charge in [0.05, 0.1) is 22.1 Å². The van der Waals surface area contributed by atoms with Crippen molar-refractivity contribution in [1.29, 1.82) is 0 Å². The second-order valence-electron chi connectivity index (χ2n) is 7.19. The van der Waals surface area contributed by atoms with E-state index in [9.17, 15) is 20.2 Å². The van der Waals surface area contributed by atoms with Crippen LogP contribution in [0.4, 0.5) is 17.1 Å². The zero-order chi connectivity index (χ0) is 24.1. The topological polar surface area (TPSA) is 120 Å². The minimum atomic E-state index is -0.706. The van der Waals surface area contributed by atoms with Gasteiger partial charge in [-0.05, 0) is 40.6 Å². The van der Waals surface area contributed by atoms with Crippen molar-refractivity contribution in [2.24, 2.45) is 5.10 Å². The van der Waals surface area contributed by atoms with Gasteiger partial charge in [0.15, 0.2) is 0 Å². The third-order valence-corrected chi connectivity index (χ3v) is 5.51. The monoisotopic (exact) mass is 520 g/mol. The lowest BCUT2D eigenvalue weighted by atomic mass is 10.1. The van der Waals surface area contributed by atoms with E-state index in [4.69, 9.17) is 4.74 Å². The van der Waals surface area contributed by atoms with Gasteiger partial charge in [0, 0.05) is 16.1 Å². The number of ether oxygens (including phenoxy) is 1. The molecule has 0 fully saturated rings. The van der Waals surface area contributed by atoms with E-state index in [0.29, 0.717) is 17.9 Å². The van der Waals surface area contributed by atoms with Crippen LogP contribution >= 0.6 is 15.9 Å². The molecule has 0 amide bonds. The Hall–Kier alpha value is -4.31. The lowest BCUT2D eigenvalue weighted by molar-refractivity contribution is -0.393. The van der Waals surface area contributed by atoms with Crippen LogP contribution in [0, 0.1) is 20.2 Å².